The van der Waals surface area contributed by atoms with Gasteiger partial charge in [0.15, 0.2) is 0 Å². The van der Waals surface area contributed by atoms with E-state index < -0.39 is 47.9 Å². The average molecular weight is 503 g/mol. The summed E-state index contributed by atoms with van der Waals surface area (Å²) >= 11 is 0. The van der Waals surface area contributed by atoms with E-state index in [2.05, 4.69) is 25.9 Å². The fourth-order valence-corrected chi connectivity index (χ4v) is 3.42. The van der Waals surface area contributed by atoms with E-state index in [1.807, 2.05) is 6.92 Å². The second kappa shape index (κ2) is 13.2. The number of nitrogens with two attached hydrogens (primary N) is 1. The van der Waals surface area contributed by atoms with Gasteiger partial charge in [0.25, 0.3) is 0 Å². The Morgan fingerprint density at radius 1 is 1.00 bits per heavy atom. The second-order valence-electron chi connectivity index (χ2n) is 8.76. The van der Waals surface area contributed by atoms with Crippen molar-refractivity contribution in [2.75, 3.05) is 0 Å². The third kappa shape index (κ3) is 8.38. The van der Waals surface area contributed by atoms with Crippen molar-refractivity contribution in [3.8, 4) is 5.75 Å². The number of imidazole rings is 1. The van der Waals surface area contributed by atoms with Gasteiger partial charge in [0.2, 0.25) is 17.7 Å². The monoisotopic (exact) mass is 502 g/mol. The van der Waals surface area contributed by atoms with Crippen LogP contribution in [-0.2, 0) is 32.0 Å². The summed E-state index contributed by atoms with van der Waals surface area (Å²) < 4.78 is 0. The number of carbonyl (C=O) groups is 4. The van der Waals surface area contributed by atoms with Crippen LogP contribution in [0.3, 0.4) is 0 Å². The predicted octanol–water partition coefficient (Wildman–Crippen LogP) is -0.167. The molecule has 0 saturated heterocycles. The van der Waals surface area contributed by atoms with Gasteiger partial charge in [0, 0.05) is 18.3 Å². The Morgan fingerprint density at radius 2 is 1.67 bits per heavy atom. The van der Waals surface area contributed by atoms with Gasteiger partial charge in [-0.15, -0.1) is 0 Å². The lowest BCUT2D eigenvalue weighted by Gasteiger charge is -2.27. The second-order valence-corrected chi connectivity index (χ2v) is 8.76. The van der Waals surface area contributed by atoms with Crippen molar-refractivity contribution in [3.05, 3.63) is 48.0 Å². The Labute approximate surface area is 209 Å². The number of H-pyrrole nitrogens is 1. The molecule has 0 fully saturated rings. The predicted molar refractivity (Wildman–Crippen MR) is 131 cm³/mol. The molecule has 36 heavy (non-hydrogen) atoms. The van der Waals surface area contributed by atoms with E-state index >= 15 is 0 Å². The molecular formula is C24H34N6O6. The number of amides is 3. The van der Waals surface area contributed by atoms with Gasteiger partial charge < -0.3 is 36.9 Å². The summed E-state index contributed by atoms with van der Waals surface area (Å²) in [4.78, 5) is 56.6. The zero-order chi connectivity index (χ0) is 26.8. The number of nitrogens with one attached hydrogen (secondary N) is 4. The molecule has 12 heteroatoms. The van der Waals surface area contributed by atoms with Crippen LogP contribution in [0.1, 0.15) is 38.4 Å². The highest BCUT2D eigenvalue weighted by molar-refractivity contribution is 5.94. The number of nitrogens with zero attached hydrogens (tertiary/aromatic N) is 1. The Bertz CT molecular complexity index is 1030. The van der Waals surface area contributed by atoms with E-state index in [0.29, 0.717) is 12.1 Å². The number of aromatic hydroxyl groups is 1. The molecule has 1 aromatic heterocycles. The molecule has 1 aromatic carbocycles. The minimum atomic E-state index is -1.23. The van der Waals surface area contributed by atoms with Gasteiger partial charge >= 0.3 is 5.97 Å². The van der Waals surface area contributed by atoms with Crippen molar-refractivity contribution >= 4 is 23.7 Å². The smallest absolute Gasteiger partial charge is 0.326 e. The maximum absolute atomic E-state index is 13.0. The van der Waals surface area contributed by atoms with Crippen LogP contribution in [0.4, 0.5) is 0 Å². The van der Waals surface area contributed by atoms with Gasteiger partial charge in [0.1, 0.15) is 23.9 Å². The van der Waals surface area contributed by atoms with Crippen LogP contribution in [0.5, 0.6) is 5.75 Å². The molecule has 0 aliphatic rings. The summed E-state index contributed by atoms with van der Waals surface area (Å²) in [5.41, 5.74) is 7.23. The largest absolute Gasteiger partial charge is 0.508 e. The fourth-order valence-electron chi connectivity index (χ4n) is 3.42. The van der Waals surface area contributed by atoms with E-state index in [-0.39, 0.29) is 24.5 Å². The molecule has 0 bridgehead atoms. The first-order chi connectivity index (χ1) is 17.0. The highest BCUT2D eigenvalue weighted by Gasteiger charge is 2.31. The zero-order valence-corrected chi connectivity index (χ0v) is 20.5. The lowest BCUT2D eigenvalue weighted by molar-refractivity contribution is -0.142. The first kappa shape index (κ1) is 28.3. The quantitative estimate of drug-likeness (QED) is 0.196. The summed E-state index contributed by atoms with van der Waals surface area (Å²) in [7, 11) is 0. The third-order valence-electron chi connectivity index (χ3n) is 5.87. The molecule has 5 unspecified atom stereocenters. The number of phenols is 1. The van der Waals surface area contributed by atoms with Gasteiger partial charge in [-0.1, -0.05) is 32.4 Å². The van der Waals surface area contributed by atoms with Gasteiger partial charge in [-0.25, -0.2) is 9.78 Å². The number of hydrogen-bond acceptors (Lipinski definition) is 7. The first-order valence-electron chi connectivity index (χ1n) is 11.7. The molecule has 8 N–H and O–H groups in total. The maximum Gasteiger partial charge on any atom is 0.326 e. The van der Waals surface area contributed by atoms with Crippen LogP contribution in [-0.4, -0.2) is 68.0 Å². The van der Waals surface area contributed by atoms with Gasteiger partial charge in [0.05, 0.1) is 12.4 Å². The maximum atomic E-state index is 13.0. The molecule has 0 saturated carbocycles. The van der Waals surface area contributed by atoms with E-state index in [9.17, 15) is 29.4 Å². The number of hydrogen-bond donors (Lipinski definition) is 7. The first-order valence-corrected chi connectivity index (χ1v) is 11.7. The highest BCUT2D eigenvalue weighted by atomic mass is 16.4. The van der Waals surface area contributed by atoms with Crippen molar-refractivity contribution in [3.63, 3.8) is 0 Å². The number of aromatic nitrogens is 2. The van der Waals surface area contributed by atoms with E-state index in [1.54, 1.807) is 19.1 Å². The normalized spacial score (nSPS) is 15.1. The van der Waals surface area contributed by atoms with Crippen molar-refractivity contribution in [2.45, 2.75) is 64.2 Å². The molecule has 1 heterocycles. The van der Waals surface area contributed by atoms with Crippen molar-refractivity contribution in [1.82, 2.24) is 25.9 Å². The molecular weight excluding hydrogens is 468 g/mol. The minimum absolute atomic E-state index is 0.00632. The van der Waals surface area contributed by atoms with Gasteiger partial charge in [-0.3, -0.25) is 14.4 Å². The number of carboxylic acid groups (broad SMARTS) is 1. The SMILES string of the molecule is CCC(C)C(NC(=O)C(C)NC(=O)C(N)Cc1ccc(O)cc1)C(=O)NC(Cc1cnc[nH]1)C(=O)O. The van der Waals surface area contributed by atoms with E-state index in [4.69, 9.17) is 5.73 Å². The van der Waals surface area contributed by atoms with Crippen molar-refractivity contribution in [2.24, 2.45) is 11.7 Å². The van der Waals surface area contributed by atoms with Crippen LogP contribution in [0.15, 0.2) is 36.8 Å². The Kier molecular flexibility index (Phi) is 10.4. The Morgan fingerprint density at radius 3 is 2.22 bits per heavy atom. The molecule has 0 radical (unpaired) electrons. The molecule has 2 aromatic rings. The molecule has 5 atom stereocenters. The summed E-state index contributed by atoms with van der Waals surface area (Å²) in [6, 6.07) is 2.09. The average Bonchev–Trinajstić information content (AvgIpc) is 3.35. The summed E-state index contributed by atoms with van der Waals surface area (Å²) in [6.45, 7) is 5.06. The molecule has 2 rings (SSSR count). The minimum Gasteiger partial charge on any atom is -0.508 e. The fraction of sp³-hybridized carbons (Fsp3) is 0.458. The van der Waals surface area contributed by atoms with Crippen LogP contribution in [0.25, 0.3) is 0 Å². The number of rotatable bonds is 13. The van der Waals surface area contributed by atoms with Crippen molar-refractivity contribution < 1.29 is 29.4 Å². The molecule has 3 amide bonds. The Hall–Kier alpha value is -3.93. The van der Waals surface area contributed by atoms with E-state index in [1.165, 1.54) is 31.6 Å². The van der Waals surface area contributed by atoms with Gasteiger partial charge in [-0.05, 0) is 37.0 Å². The molecule has 0 aliphatic heterocycles. The van der Waals surface area contributed by atoms with Gasteiger partial charge in [-0.2, -0.15) is 0 Å². The molecule has 196 valence electrons. The lowest BCUT2D eigenvalue weighted by Crippen LogP contribution is -2.58. The van der Waals surface area contributed by atoms with Crippen LogP contribution in [0, 0.1) is 5.92 Å². The zero-order valence-electron chi connectivity index (χ0n) is 20.5. The topological polar surface area (TPSA) is 200 Å². The van der Waals surface area contributed by atoms with Crippen LogP contribution in [0.2, 0.25) is 0 Å². The van der Waals surface area contributed by atoms with Crippen LogP contribution >= 0.6 is 0 Å². The third-order valence-corrected chi connectivity index (χ3v) is 5.87. The standard InChI is InChI=1S/C24H34N6O6/c1-4-13(2)20(23(34)29-19(24(35)36)10-16-11-26-12-27-16)30-21(32)14(3)28-22(33)18(25)9-15-5-7-17(31)8-6-15/h5-8,11-14,18-20,31H,4,9-10,25H2,1-3H3,(H,26,27)(H,28,33)(H,29,34)(H,30,32)(H,35,36). The number of aliphatic carboxylic acids is 1. The number of carboxylic acids is 1. The van der Waals surface area contributed by atoms with Crippen LogP contribution < -0.4 is 21.7 Å². The molecule has 0 aliphatic carbocycles. The lowest BCUT2D eigenvalue weighted by atomic mass is 9.97. The van der Waals surface area contributed by atoms with E-state index in [0.717, 1.165) is 5.56 Å². The number of aromatic amines is 1. The number of phenolic OH excluding ortho intramolecular Hbond substituents is 1. The Balaban J connectivity index is 1.99. The summed E-state index contributed by atoms with van der Waals surface area (Å²) in [5, 5.41) is 26.5. The summed E-state index contributed by atoms with van der Waals surface area (Å²) in [6.07, 6.45) is 3.60. The molecule has 0 spiro atoms. The highest BCUT2D eigenvalue weighted by Crippen LogP contribution is 2.12. The number of carbonyl (C=O) groups excluding carboxylic acids is 3. The number of benzene rings is 1. The molecule has 12 nitrogen and oxygen atoms in total. The summed E-state index contributed by atoms with van der Waals surface area (Å²) in [5.74, 6) is -3.25. The van der Waals surface area contributed by atoms with Crippen molar-refractivity contribution in [1.29, 1.82) is 0 Å².